The summed E-state index contributed by atoms with van der Waals surface area (Å²) >= 11 is 0. The van der Waals surface area contributed by atoms with E-state index in [0.29, 0.717) is 5.69 Å². The zero-order valence-corrected chi connectivity index (χ0v) is 11.4. The van der Waals surface area contributed by atoms with Crippen LogP contribution in [0.4, 0.5) is 0 Å². The van der Waals surface area contributed by atoms with Gasteiger partial charge in [-0.1, -0.05) is 36.4 Å². The molecule has 21 heavy (non-hydrogen) atoms. The fourth-order valence-electron chi connectivity index (χ4n) is 2.51. The van der Waals surface area contributed by atoms with Crippen LogP contribution in [0, 0.1) is 0 Å². The van der Waals surface area contributed by atoms with Gasteiger partial charge in [-0.3, -0.25) is 4.79 Å². The normalized spacial score (nSPS) is 10.7. The van der Waals surface area contributed by atoms with Crippen molar-refractivity contribution >= 4 is 22.7 Å². The van der Waals surface area contributed by atoms with Gasteiger partial charge in [-0.25, -0.2) is 4.79 Å². The molecule has 0 spiro atoms. The van der Waals surface area contributed by atoms with Gasteiger partial charge in [0, 0.05) is 23.5 Å². The molecule has 1 aromatic heterocycles. The molecule has 0 saturated heterocycles. The number of fused-ring (bicyclic) bond motifs is 1. The predicted octanol–water partition coefficient (Wildman–Crippen LogP) is 3.11. The van der Waals surface area contributed by atoms with Crippen molar-refractivity contribution in [3.8, 4) is 0 Å². The Morgan fingerprint density at radius 2 is 1.57 bits per heavy atom. The second-order valence-corrected chi connectivity index (χ2v) is 4.83. The molecule has 104 valence electrons. The van der Waals surface area contributed by atoms with Crippen molar-refractivity contribution in [2.24, 2.45) is 7.05 Å². The minimum Gasteiger partial charge on any atom is -0.478 e. The van der Waals surface area contributed by atoms with Gasteiger partial charge in [0.1, 0.15) is 0 Å². The lowest BCUT2D eigenvalue weighted by Crippen LogP contribution is -2.12. The number of carboxylic acids is 1. The highest BCUT2D eigenvalue weighted by atomic mass is 16.4. The average molecular weight is 279 g/mol. The highest BCUT2D eigenvalue weighted by molar-refractivity contribution is 6.15. The summed E-state index contributed by atoms with van der Waals surface area (Å²) < 4.78 is 1.79. The number of nitrogens with zero attached hydrogens (tertiary/aromatic N) is 1. The molecule has 0 radical (unpaired) electrons. The van der Waals surface area contributed by atoms with Gasteiger partial charge in [0.05, 0.1) is 11.3 Å². The van der Waals surface area contributed by atoms with Gasteiger partial charge in [0.25, 0.3) is 0 Å². The minimum atomic E-state index is -1.10. The van der Waals surface area contributed by atoms with E-state index in [1.54, 1.807) is 35.9 Å². The lowest BCUT2D eigenvalue weighted by Gasteiger charge is -2.06. The molecular formula is C17H13NO3. The molecule has 0 amide bonds. The molecule has 4 heteroatoms. The van der Waals surface area contributed by atoms with E-state index in [1.165, 1.54) is 6.07 Å². The Hall–Kier alpha value is -2.88. The molecule has 0 fully saturated rings. The third-order valence-corrected chi connectivity index (χ3v) is 3.59. The van der Waals surface area contributed by atoms with Crippen molar-refractivity contribution in [2.75, 3.05) is 0 Å². The monoisotopic (exact) mass is 279 g/mol. The Morgan fingerprint density at radius 3 is 2.24 bits per heavy atom. The van der Waals surface area contributed by atoms with Gasteiger partial charge in [-0.15, -0.1) is 0 Å². The number of ketones is 1. The van der Waals surface area contributed by atoms with E-state index in [-0.39, 0.29) is 16.9 Å². The lowest BCUT2D eigenvalue weighted by molar-refractivity contribution is 0.0692. The quantitative estimate of drug-likeness (QED) is 0.749. The van der Waals surface area contributed by atoms with E-state index in [4.69, 9.17) is 0 Å². The Bertz CT molecular complexity index is 861. The van der Waals surface area contributed by atoms with Crippen LogP contribution in [0.1, 0.15) is 26.4 Å². The van der Waals surface area contributed by atoms with Gasteiger partial charge in [0.15, 0.2) is 0 Å². The molecule has 3 rings (SSSR count). The molecule has 0 aliphatic heterocycles. The molecule has 0 aliphatic rings. The van der Waals surface area contributed by atoms with Crippen molar-refractivity contribution in [1.29, 1.82) is 0 Å². The van der Waals surface area contributed by atoms with E-state index in [2.05, 4.69) is 0 Å². The maximum absolute atomic E-state index is 12.7. The number of hydrogen-bond acceptors (Lipinski definition) is 2. The summed E-state index contributed by atoms with van der Waals surface area (Å²) in [6.45, 7) is 0. The van der Waals surface area contributed by atoms with Gasteiger partial charge < -0.3 is 9.67 Å². The predicted molar refractivity (Wildman–Crippen MR) is 79.8 cm³/mol. The van der Waals surface area contributed by atoms with Crippen LogP contribution in [0.5, 0.6) is 0 Å². The molecule has 3 aromatic rings. The Kier molecular flexibility index (Phi) is 3.06. The molecule has 0 saturated carbocycles. The smallest absolute Gasteiger partial charge is 0.336 e. The minimum absolute atomic E-state index is 0.0211. The topological polar surface area (TPSA) is 59.3 Å². The second kappa shape index (κ2) is 4.90. The summed E-state index contributed by atoms with van der Waals surface area (Å²) in [5, 5.41) is 10.2. The third-order valence-electron chi connectivity index (χ3n) is 3.59. The zero-order valence-electron chi connectivity index (χ0n) is 11.4. The van der Waals surface area contributed by atoms with E-state index in [0.717, 1.165) is 10.9 Å². The molecule has 1 heterocycles. The van der Waals surface area contributed by atoms with Gasteiger partial charge in [-0.05, 0) is 18.2 Å². The third kappa shape index (κ3) is 2.10. The number of aryl methyl sites for hydroxylation is 1. The standard InChI is InChI=1S/C17H13NO3/c1-18-14-9-5-2-6-11(14)10-15(18)16(19)12-7-3-4-8-13(12)17(20)21/h2-10H,1H3,(H,20,21). The van der Waals surface area contributed by atoms with Crippen molar-refractivity contribution < 1.29 is 14.7 Å². The highest BCUT2D eigenvalue weighted by Gasteiger charge is 2.20. The van der Waals surface area contributed by atoms with Crippen LogP contribution in [-0.4, -0.2) is 21.4 Å². The van der Waals surface area contributed by atoms with Gasteiger partial charge in [0.2, 0.25) is 5.78 Å². The summed E-state index contributed by atoms with van der Waals surface area (Å²) in [5.41, 5.74) is 1.64. The van der Waals surface area contributed by atoms with Crippen LogP contribution in [0.3, 0.4) is 0 Å². The van der Waals surface area contributed by atoms with Crippen LogP contribution in [-0.2, 0) is 7.05 Å². The number of carboxylic acid groups (broad SMARTS) is 1. The van der Waals surface area contributed by atoms with Crippen molar-refractivity contribution in [3.05, 3.63) is 71.4 Å². The first kappa shape index (κ1) is 13.1. The Morgan fingerprint density at radius 1 is 0.952 bits per heavy atom. The van der Waals surface area contributed by atoms with E-state index in [1.807, 2.05) is 24.3 Å². The number of carbonyl (C=O) groups excluding carboxylic acids is 1. The lowest BCUT2D eigenvalue weighted by atomic mass is 10.0. The largest absolute Gasteiger partial charge is 0.478 e. The van der Waals surface area contributed by atoms with Crippen LogP contribution in [0.15, 0.2) is 54.6 Å². The Balaban J connectivity index is 2.18. The summed E-state index contributed by atoms with van der Waals surface area (Å²) in [5.74, 6) is -1.38. The molecule has 1 N–H and O–H groups in total. The molecular weight excluding hydrogens is 266 g/mol. The van der Waals surface area contributed by atoms with Crippen molar-refractivity contribution in [2.45, 2.75) is 0 Å². The first-order valence-corrected chi connectivity index (χ1v) is 6.51. The summed E-state index contributed by atoms with van der Waals surface area (Å²) in [6, 6.07) is 15.7. The SMILES string of the molecule is Cn1c(C(=O)c2ccccc2C(=O)O)cc2ccccc21. The number of carbonyl (C=O) groups is 2. The number of para-hydroxylation sites is 1. The van der Waals surface area contributed by atoms with Gasteiger partial charge in [-0.2, -0.15) is 0 Å². The molecule has 0 bridgehead atoms. The van der Waals surface area contributed by atoms with Crippen LogP contribution < -0.4 is 0 Å². The first-order valence-electron chi connectivity index (χ1n) is 6.51. The van der Waals surface area contributed by atoms with Gasteiger partial charge >= 0.3 is 5.97 Å². The number of rotatable bonds is 3. The number of benzene rings is 2. The van der Waals surface area contributed by atoms with Crippen LogP contribution in [0.25, 0.3) is 10.9 Å². The van der Waals surface area contributed by atoms with Crippen molar-refractivity contribution in [3.63, 3.8) is 0 Å². The van der Waals surface area contributed by atoms with Crippen LogP contribution in [0.2, 0.25) is 0 Å². The van der Waals surface area contributed by atoms with Crippen molar-refractivity contribution in [1.82, 2.24) is 4.57 Å². The summed E-state index contributed by atoms with van der Waals surface area (Å²) in [6.07, 6.45) is 0. The molecule has 4 nitrogen and oxygen atoms in total. The maximum atomic E-state index is 12.7. The fraction of sp³-hybridized carbons (Fsp3) is 0.0588. The number of hydrogen-bond donors (Lipinski definition) is 1. The van der Waals surface area contributed by atoms with E-state index >= 15 is 0 Å². The Labute approximate surface area is 121 Å². The van der Waals surface area contributed by atoms with E-state index in [9.17, 15) is 14.7 Å². The fourth-order valence-corrected chi connectivity index (χ4v) is 2.51. The second-order valence-electron chi connectivity index (χ2n) is 4.83. The maximum Gasteiger partial charge on any atom is 0.336 e. The summed E-state index contributed by atoms with van der Waals surface area (Å²) in [7, 11) is 1.80. The molecule has 2 aromatic carbocycles. The average Bonchev–Trinajstić information content (AvgIpc) is 2.84. The number of aromatic nitrogens is 1. The summed E-state index contributed by atoms with van der Waals surface area (Å²) in [4.78, 5) is 23.9. The van der Waals surface area contributed by atoms with E-state index < -0.39 is 5.97 Å². The number of aromatic carboxylic acids is 1. The molecule has 0 unspecified atom stereocenters. The first-order chi connectivity index (χ1) is 10.1. The van der Waals surface area contributed by atoms with Crippen LogP contribution >= 0.6 is 0 Å². The highest BCUT2D eigenvalue weighted by Crippen LogP contribution is 2.22. The zero-order chi connectivity index (χ0) is 15.0. The molecule has 0 aliphatic carbocycles. The molecule has 0 atom stereocenters.